The number of likely N-dealkylation sites (N-methyl/N-ethyl adjacent to an activating group) is 1. The van der Waals surface area contributed by atoms with E-state index in [2.05, 4.69) is 5.32 Å². The van der Waals surface area contributed by atoms with E-state index in [-0.39, 0.29) is 16.0 Å². The van der Waals surface area contributed by atoms with Gasteiger partial charge in [0, 0.05) is 19.1 Å². The molecule has 0 radical (unpaired) electrons. The Morgan fingerprint density at radius 1 is 1.43 bits per heavy atom. The SMILES string of the molecule is CCN(CC1CCCCN1)S(=O)(=O)c1cc(F)ccc1Cl. The molecule has 1 fully saturated rings. The number of piperidine rings is 1. The zero-order chi connectivity index (χ0) is 15.5. The van der Waals surface area contributed by atoms with Crippen LogP contribution in [0, 0.1) is 5.82 Å². The summed E-state index contributed by atoms with van der Waals surface area (Å²) in [5.74, 6) is -0.607. The Hall–Kier alpha value is -0.690. The number of benzene rings is 1. The van der Waals surface area contributed by atoms with Crippen LogP contribution in [0.15, 0.2) is 23.1 Å². The van der Waals surface area contributed by atoms with Crippen molar-refractivity contribution >= 4 is 21.6 Å². The highest BCUT2D eigenvalue weighted by molar-refractivity contribution is 7.89. The lowest BCUT2D eigenvalue weighted by Crippen LogP contribution is -2.45. The fourth-order valence-electron chi connectivity index (χ4n) is 2.54. The second-order valence-corrected chi connectivity index (χ2v) is 7.49. The number of nitrogens with zero attached hydrogens (tertiary/aromatic N) is 1. The number of halogens is 2. The Morgan fingerprint density at radius 3 is 2.81 bits per heavy atom. The molecule has 1 aromatic rings. The zero-order valence-electron chi connectivity index (χ0n) is 12.0. The summed E-state index contributed by atoms with van der Waals surface area (Å²) in [6, 6.07) is 3.55. The average molecular weight is 335 g/mol. The van der Waals surface area contributed by atoms with Gasteiger partial charge < -0.3 is 5.32 Å². The molecule has 0 saturated carbocycles. The summed E-state index contributed by atoms with van der Waals surface area (Å²) >= 11 is 5.94. The quantitative estimate of drug-likeness (QED) is 0.900. The lowest BCUT2D eigenvalue weighted by molar-refractivity contribution is 0.319. The van der Waals surface area contributed by atoms with E-state index in [0.717, 1.165) is 37.9 Å². The van der Waals surface area contributed by atoms with Crippen molar-refractivity contribution in [1.29, 1.82) is 0 Å². The Balaban J connectivity index is 2.24. The van der Waals surface area contributed by atoms with Crippen LogP contribution in [0.4, 0.5) is 4.39 Å². The van der Waals surface area contributed by atoms with Crippen molar-refractivity contribution in [1.82, 2.24) is 9.62 Å². The third-order valence-electron chi connectivity index (χ3n) is 3.70. The van der Waals surface area contributed by atoms with Crippen molar-refractivity contribution in [3.63, 3.8) is 0 Å². The highest BCUT2D eigenvalue weighted by atomic mass is 35.5. The lowest BCUT2D eigenvalue weighted by atomic mass is 10.1. The summed E-state index contributed by atoms with van der Waals surface area (Å²) < 4.78 is 40.0. The molecule has 0 spiro atoms. The van der Waals surface area contributed by atoms with E-state index in [1.807, 2.05) is 0 Å². The third kappa shape index (κ3) is 3.94. The van der Waals surface area contributed by atoms with Gasteiger partial charge in [-0.3, -0.25) is 0 Å². The lowest BCUT2D eigenvalue weighted by Gasteiger charge is -2.29. The van der Waals surface area contributed by atoms with E-state index in [1.165, 1.54) is 10.4 Å². The van der Waals surface area contributed by atoms with Crippen LogP contribution >= 0.6 is 11.6 Å². The van der Waals surface area contributed by atoms with E-state index in [4.69, 9.17) is 11.6 Å². The van der Waals surface area contributed by atoms with Gasteiger partial charge >= 0.3 is 0 Å². The second-order valence-electron chi connectivity index (χ2n) is 5.18. The van der Waals surface area contributed by atoms with Crippen LogP contribution in [0.25, 0.3) is 0 Å². The smallest absolute Gasteiger partial charge is 0.244 e. The molecule has 0 aliphatic carbocycles. The van der Waals surface area contributed by atoms with Gasteiger partial charge in [0.25, 0.3) is 0 Å². The van der Waals surface area contributed by atoms with Crippen LogP contribution in [-0.2, 0) is 10.0 Å². The topological polar surface area (TPSA) is 49.4 Å². The van der Waals surface area contributed by atoms with E-state index >= 15 is 0 Å². The minimum Gasteiger partial charge on any atom is -0.313 e. The minimum atomic E-state index is -3.78. The Labute approximate surface area is 130 Å². The predicted octanol–water partition coefficient (Wildman–Crippen LogP) is 2.63. The van der Waals surface area contributed by atoms with Crippen LogP contribution in [0.2, 0.25) is 5.02 Å². The van der Waals surface area contributed by atoms with Crippen LogP contribution in [-0.4, -0.2) is 38.4 Å². The largest absolute Gasteiger partial charge is 0.313 e. The van der Waals surface area contributed by atoms with E-state index in [9.17, 15) is 12.8 Å². The maximum Gasteiger partial charge on any atom is 0.244 e. The third-order valence-corrected chi connectivity index (χ3v) is 6.12. The van der Waals surface area contributed by atoms with Gasteiger partial charge in [-0.25, -0.2) is 12.8 Å². The van der Waals surface area contributed by atoms with E-state index in [0.29, 0.717) is 13.1 Å². The summed E-state index contributed by atoms with van der Waals surface area (Å²) in [4.78, 5) is -0.165. The maximum absolute atomic E-state index is 13.3. The second kappa shape index (κ2) is 7.05. The van der Waals surface area contributed by atoms with Gasteiger partial charge in [-0.1, -0.05) is 24.9 Å². The molecule has 21 heavy (non-hydrogen) atoms. The maximum atomic E-state index is 13.3. The number of sulfonamides is 1. The normalized spacial score (nSPS) is 19.9. The van der Waals surface area contributed by atoms with Crippen LogP contribution in [0.5, 0.6) is 0 Å². The van der Waals surface area contributed by atoms with Crippen LogP contribution < -0.4 is 5.32 Å². The molecule has 1 atom stereocenters. The molecule has 4 nitrogen and oxygen atoms in total. The summed E-state index contributed by atoms with van der Waals surface area (Å²) in [5.41, 5.74) is 0. The van der Waals surface area contributed by atoms with Crippen molar-refractivity contribution in [2.24, 2.45) is 0 Å². The molecular formula is C14H20ClFN2O2S. The molecule has 1 aliphatic heterocycles. The average Bonchev–Trinajstić information content (AvgIpc) is 2.48. The molecule has 1 aromatic carbocycles. The van der Waals surface area contributed by atoms with Gasteiger partial charge in [-0.15, -0.1) is 0 Å². The fraction of sp³-hybridized carbons (Fsp3) is 0.571. The number of rotatable bonds is 5. The standard InChI is InChI=1S/C14H20ClFN2O2S/c1-2-18(10-12-5-3-4-8-17-12)21(19,20)14-9-11(16)6-7-13(14)15/h6-7,9,12,17H,2-5,8,10H2,1H3. The van der Waals surface area contributed by atoms with Crippen molar-refractivity contribution in [3.05, 3.63) is 29.0 Å². The molecule has 1 aliphatic rings. The molecule has 1 heterocycles. The first kappa shape index (κ1) is 16.7. The molecule has 1 unspecified atom stereocenters. The Bertz CT molecular complexity index is 589. The first-order chi connectivity index (χ1) is 9.95. The molecule has 0 aromatic heterocycles. The number of nitrogens with one attached hydrogen (secondary N) is 1. The molecule has 1 saturated heterocycles. The molecule has 118 valence electrons. The summed E-state index contributed by atoms with van der Waals surface area (Å²) in [7, 11) is -3.78. The minimum absolute atomic E-state index is 0.0476. The molecule has 0 amide bonds. The van der Waals surface area contributed by atoms with Gasteiger partial charge in [0.1, 0.15) is 10.7 Å². The first-order valence-electron chi connectivity index (χ1n) is 7.13. The Kier molecular flexibility index (Phi) is 5.60. The van der Waals surface area contributed by atoms with Crippen molar-refractivity contribution in [2.75, 3.05) is 19.6 Å². The van der Waals surface area contributed by atoms with Crippen LogP contribution in [0.3, 0.4) is 0 Å². The van der Waals surface area contributed by atoms with Crippen molar-refractivity contribution in [2.45, 2.75) is 37.1 Å². The van der Waals surface area contributed by atoms with Gasteiger partial charge in [-0.05, 0) is 37.6 Å². The molecule has 7 heteroatoms. The summed E-state index contributed by atoms with van der Waals surface area (Å²) in [6.45, 7) is 3.38. The Morgan fingerprint density at radius 2 is 2.19 bits per heavy atom. The summed E-state index contributed by atoms with van der Waals surface area (Å²) in [6.07, 6.45) is 3.16. The fourth-order valence-corrected chi connectivity index (χ4v) is 4.52. The number of hydrogen-bond donors (Lipinski definition) is 1. The zero-order valence-corrected chi connectivity index (χ0v) is 13.6. The van der Waals surface area contributed by atoms with E-state index in [1.54, 1.807) is 6.92 Å². The first-order valence-corrected chi connectivity index (χ1v) is 8.95. The van der Waals surface area contributed by atoms with Crippen LogP contribution in [0.1, 0.15) is 26.2 Å². The van der Waals surface area contributed by atoms with Crippen molar-refractivity contribution < 1.29 is 12.8 Å². The molecule has 1 N–H and O–H groups in total. The number of hydrogen-bond acceptors (Lipinski definition) is 3. The van der Waals surface area contributed by atoms with Gasteiger partial charge in [-0.2, -0.15) is 4.31 Å². The molecule has 2 rings (SSSR count). The van der Waals surface area contributed by atoms with Gasteiger partial charge in [0.15, 0.2) is 0 Å². The highest BCUT2D eigenvalue weighted by Gasteiger charge is 2.28. The van der Waals surface area contributed by atoms with Gasteiger partial charge in [0.2, 0.25) is 10.0 Å². The van der Waals surface area contributed by atoms with Gasteiger partial charge in [0.05, 0.1) is 5.02 Å². The molecular weight excluding hydrogens is 315 g/mol. The van der Waals surface area contributed by atoms with E-state index < -0.39 is 15.8 Å². The summed E-state index contributed by atoms with van der Waals surface area (Å²) in [5, 5.41) is 3.37. The molecule has 0 bridgehead atoms. The highest BCUT2D eigenvalue weighted by Crippen LogP contribution is 2.26. The predicted molar refractivity (Wildman–Crippen MR) is 81.5 cm³/mol. The monoisotopic (exact) mass is 334 g/mol. The van der Waals surface area contributed by atoms with Crippen molar-refractivity contribution in [3.8, 4) is 0 Å².